The average molecular weight is 471 g/mol. The van der Waals surface area contributed by atoms with E-state index in [-0.39, 0.29) is 37.5 Å². The molecule has 0 unspecified atom stereocenters. The summed E-state index contributed by atoms with van der Waals surface area (Å²) in [4.78, 5) is 36.4. The Morgan fingerprint density at radius 1 is 0.606 bits per heavy atom. The normalized spacial score (nSPS) is 11.5. The zero-order chi connectivity index (χ0) is 25.0. The molecule has 0 aromatic rings. The lowest BCUT2D eigenvalue weighted by molar-refractivity contribution is -0.161. The topological polar surface area (TPSA) is 78.9 Å². The van der Waals surface area contributed by atoms with Gasteiger partial charge in [-0.3, -0.25) is 14.4 Å². The second-order valence-corrected chi connectivity index (χ2v) is 10.1. The second kappa shape index (κ2) is 19.8. The van der Waals surface area contributed by atoms with Crippen molar-refractivity contribution in [1.82, 2.24) is 0 Å². The average Bonchev–Trinajstić information content (AvgIpc) is 2.73. The van der Waals surface area contributed by atoms with Gasteiger partial charge in [0.1, 0.15) is 5.60 Å². The molecule has 0 N–H and O–H groups in total. The number of carbonyl (C=O) groups is 3. The van der Waals surface area contributed by atoms with Crippen LogP contribution in [-0.2, 0) is 28.6 Å². The zero-order valence-electron chi connectivity index (χ0n) is 22.0. The van der Waals surface area contributed by atoms with Crippen LogP contribution in [0.15, 0.2) is 0 Å². The Bertz CT molecular complexity index is 491. The van der Waals surface area contributed by atoms with E-state index in [4.69, 9.17) is 14.2 Å². The second-order valence-electron chi connectivity index (χ2n) is 10.1. The van der Waals surface area contributed by atoms with Gasteiger partial charge in [-0.1, -0.05) is 78.1 Å². The van der Waals surface area contributed by atoms with E-state index >= 15 is 0 Å². The van der Waals surface area contributed by atoms with Crippen LogP contribution in [0.25, 0.3) is 0 Å². The predicted octanol–water partition coefficient (Wildman–Crippen LogP) is 6.92. The number of carbonyl (C=O) groups excluding carboxylic acids is 3. The third-order valence-electron chi connectivity index (χ3n) is 5.30. The molecule has 6 heteroatoms. The highest BCUT2D eigenvalue weighted by molar-refractivity contribution is 5.71. The summed E-state index contributed by atoms with van der Waals surface area (Å²) in [5.74, 6) is -1.32. The lowest BCUT2D eigenvalue weighted by Gasteiger charge is -2.22. The van der Waals surface area contributed by atoms with Crippen LogP contribution in [0.3, 0.4) is 0 Å². The Kier molecular flexibility index (Phi) is 18.9. The van der Waals surface area contributed by atoms with E-state index in [1.165, 1.54) is 38.5 Å². The molecule has 0 aliphatic carbocycles. The van der Waals surface area contributed by atoms with Crippen molar-refractivity contribution in [2.45, 2.75) is 137 Å². The lowest BCUT2D eigenvalue weighted by Crippen LogP contribution is -2.29. The molecule has 194 valence electrons. The highest BCUT2D eigenvalue weighted by Crippen LogP contribution is 2.15. The van der Waals surface area contributed by atoms with E-state index in [1.807, 2.05) is 0 Å². The molecule has 6 nitrogen and oxygen atoms in total. The third-order valence-corrected chi connectivity index (χ3v) is 5.30. The summed E-state index contributed by atoms with van der Waals surface area (Å²) in [6.45, 7) is 9.88. The van der Waals surface area contributed by atoms with Gasteiger partial charge in [0, 0.05) is 18.8 Å². The highest BCUT2D eigenvalue weighted by atomic mass is 16.6. The van der Waals surface area contributed by atoms with Gasteiger partial charge in [0.05, 0.1) is 19.6 Å². The van der Waals surface area contributed by atoms with Crippen LogP contribution in [-0.4, -0.2) is 36.7 Å². The van der Waals surface area contributed by atoms with Gasteiger partial charge in [-0.2, -0.15) is 0 Å². The van der Waals surface area contributed by atoms with Gasteiger partial charge in [-0.25, -0.2) is 0 Å². The number of ether oxygens (including phenoxy) is 3. The summed E-state index contributed by atoms with van der Waals surface area (Å²) in [6, 6.07) is 0. The number of rotatable bonds is 20. The quantitative estimate of drug-likeness (QED) is 0.109. The van der Waals surface area contributed by atoms with Gasteiger partial charge >= 0.3 is 17.9 Å². The van der Waals surface area contributed by atoms with Crippen molar-refractivity contribution in [2.75, 3.05) is 13.2 Å². The monoisotopic (exact) mass is 470 g/mol. The van der Waals surface area contributed by atoms with Gasteiger partial charge in [0.25, 0.3) is 0 Å². The maximum Gasteiger partial charge on any atom is 0.306 e. The molecule has 0 rings (SSSR count). The van der Waals surface area contributed by atoms with Crippen molar-refractivity contribution in [3.63, 3.8) is 0 Å². The molecule has 0 saturated heterocycles. The molecule has 0 aliphatic heterocycles. The van der Waals surface area contributed by atoms with Crippen LogP contribution < -0.4 is 0 Å². The molecule has 33 heavy (non-hydrogen) atoms. The van der Waals surface area contributed by atoms with E-state index in [9.17, 15) is 14.4 Å². The fourth-order valence-corrected chi connectivity index (χ4v) is 3.45. The fraction of sp³-hybridized carbons (Fsp3) is 0.889. The van der Waals surface area contributed by atoms with Gasteiger partial charge in [0.15, 0.2) is 0 Å². The van der Waals surface area contributed by atoms with Crippen LogP contribution in [0.1, 0.15) is 131 Å². The summed E-state index contributed by atoms with van der Waals surface area (Å²) in [5.41, 5.74) is -0.593. The molecule has 0 fully saturated rings. The van der Waals surface area contributed by atoms with Crippen LogP contribution in [0, 0.1) is 5.92 Å². The van der Waals surface area contributed by atoms with E-state index in [0.717, 1.165) is 38.5 Å². The van der Waals surface area contributed by atoms with Crippen LogP contribution in [0.2, 0.25) is 0 Å². The summed E-state index contributed by atoms with van der Waals surface area (Å²) in [6.07, 6.45) is 14.0. The third kappa shape index (κ3) is 22.0. The van der Waals surface area contributed by atoms with E-state index in [1.54, 1.807) is 20.8 Å². The fourth-order valence-electron chi connectivity index (χ4n) is 3.45. The number of unbranched alkanes of at least 4 members (excludes halogenated alkanes) is 10. The minimum Gasteiger partial charge on any atom is -0.465 e. The van der Waals surface area contributed by atoms with Crippen molar-refractivity contribution in [3.8, 4) is 0 Å². The van der Waals surface area contributed by atoms with Gasteiger partial charge in [-0.05, 0) is 33.6 Å². The van der Waals surface area contributed by atoms with Crippen LogP contribution in [0.4, 0.5) is 0 Å². The summed E-state index contributed by atoms with van der Waals surface area (Å²) in [5, 5.41) is 0. The molecule has 0 atom stereocenters. The standard InChI is InChI=1S/C27H50O6/c1-6-8-10-12-14-16-18-24(28)31-21-23(20-26(30)33-27(3,4)5)22-32-25(29)19-17-15-13-11-9-7-2/h23H,6-22H2,1-5H3. The van der Waals surface area contributed by atoms with Crippen LogP contribution >= 0.6 is 0 Å². The first kappa shape index (κ1) is 31.4. The Balaban J connectivity index is 4.38. The molecule has 0 bridgehead atoms. The Labute approximate surface area is 202 Å². The highest BCUT2D eigenvalue weighted by Gasteiger charge is 2.23. The van der Waals surface area contributed by atoms with E-state index in [2.05, 4.69) is 13.8 Å². The van der Waals surface area contributed by atoms with E-state index in [0.29, 0.717) is 12.8 Å². The Morgan fingerprint density at radius 3 is 1.39 bits per heavy atom. The minimum absolute atomic E-state index is 0.0475. The molecule has 0 heterocycles. The van der Waals surface area contributed by atoms with Crippen molar-refractivity contribution < 1.29 is 28.6 Å². The first-order chi connectivity index (χ1) is 15.7. The summed E-state index contributed by atoms with van der Waals surface area (Å²) >= 11 is 0. The minimum atomic E-state index is -0.593. The molecule has 0 aromatic carbocycles. The molecule has 0 saturated carbocycles. The van der Waals surface area contributed by atoms with Gasteiger partial charge in [0.2, 0.25) is 0 Å². The summed E-state index contributed by atoms with van der Waals surface area (Å²) < 4.78 is 16.2. The van der Waals surface area contributed by atoms with Crippen molar-refractivity contribution in [2.24, 2.45) is 5.92 Å². The molecule has 0 radical (unpaired) electrons. The zero-order valence-corrected chi connectivity index (χ0v) is 22.0. The number of hydrogen-bond acceptors (Lipinski definition) is 6. The molecule has 0 aromatic heterocycles. The molecular formula is C27H50O6. The maximum atomic E-state index is 12.2. The van der Waals surface area contributed by atoms with Crippen LogP contribution in [0.5, 0.6) is 0 Å². The van der Waals surface area contributed by atoms with Crippen molar-refractivity contribution in [3.05, 3.63) is 0 Å². The molecule has 0 aliphatic rings. The maximum absolute atomic E-state index is 12.2. The van der Waals surface area contributed by atoms with Crippen molar-refractivity contribution >= 4 is 17.9 Å². The number of esters is 3. The molecule has 0 spiro atoms. The first-order valence-electron chi connectivity index (χ1n) is 13.2. The molecule has 0 amide bonds. The van der Waals surface area contributed by atoms with Gasteiger partial charge < -0.3 is 14.2 Å². The summed E-state index contributed by atoms with van der Waals surface area (Å²) in [7, 11) is 0. The lowest BCUT2D eigenvalue weighted by atomic mass is 10.1. The van der Waals surface area contributed by atoms with Crippen molar-refractivity contribution in [1.29, 1.82) is 0 Å². The Morgan fingerprint density at radius 2 is 1.00 bits per heavy atom. The Hall–Kier alpha value is -1.59. The number of hydrogen-bond donors (Lipinski definition) is 0. The largest absolute Gasteiger partial charge is 0.465 e. The SMILES string of the molecule is CCCCCCCCC(=O)OCC(COC(=O)CCCCCCCC)CC(=O)OC(C)(C)C. The van der Waals surface area contributed by atoms with E-state index < -0.39 is 11.5 Å². The smallest absolute Gasteiger partial charge is 0.306 e. The predicted molar refractivity (Wildman–Crippen MR) is 132 cm³/mol. The molecular weight excluding hydrogens is 420 g/mol. The first-order valence-corrected chi connectivity index (χ1v) is 13.2. The van der Waals surface area contributed by atoms with Gasteiger partial charge in [-0.15, -0.1) is 0 Å².